The summed E-state index contributed by atoms with van der Waals surface area (Å²) in [5, 5.41) is 10.4. The summed E-state index contributed by atoms with van der Waals surface area (Å²) in [6, 6.07) is 11.5. The van der Waals surface area contributed by atoms with Gasteiger partial charge in [-0.3, -0.25) is 0 Å². The number of rotatable bonds is 2. The van der Waals surface area contributed by atoms with Crippen molar-refractivity contribution in [3.63, 3.8) is 0 Å². The quantitative estimate of drug-likeness (QED) is 0.858. The summed E-state index contributed by atoms with van der Waals surface area (Å²) in [5.41, 5.74) is 2.37. The molecule has 3 heteroatoms. The molecule has 1 nitrogen and oxygen atoms in total. The Morgan fingerprint density at radius 2 is 1.76 bits per heavy atom. The number of aryl methyl sites for hydroxylation is 1. The van der Waals surface area contributed by atoms with Crippen LogP contribution < -0.4 is 0 Å². The van der Waals surface area contributed by atoms with Crippen molar-refractivity contribution in [3.05, 3.63) is 70.0 Å². The van der Waals surface area contributed by atoms with Crippen molar-refractivity contribution in [3.8, 4) is 0 Å². The van der Waals surface area contributed by atoms with E-state index in [0.717, 1.165) is 11.1 Å². The number of hydrogen-bond acceptors (Lipinski definition) is 1. The molecule has 0 heterocycles. The van der Waals surface area contributed by atoms with Gasteiger partial charge in [0.1, 0.15) is 11.9 Å². The number of halogens is 2. The SMILES string of the molecule is Cc1ccc(C(O)c2ccc(F)cc2Cl)cc1. The van der Waals surface area contributed by atoms with Crippen molar-refractivity contribution in [1.82, 2.24) is 0 Å². The summed E-state index contributed by atoms with van der Waals surface area (Å²) >= 11 is 5.91. The molecule has 0 fully saturated rings. The van der Waals surface area contributed by atoms with Crippen LogP contribution in [-0.2, 0) is 0 Å². The molecule has 0 spiro atoms. The minimum absolute atomic E-state index is 0.234. The smallest absolute Gasteiger partial charge is 0.124 e. The summed E-state index contributed by atoms with van der Waals surface area (Å²) in [7, 11) is 0. The van der Waals surface area contributed by atoms with E-state index < -0.39 is 11.9 Å². The minimum atomic E-state index is -0.830. The first-order valence-corrected chi connectivity index (χ1v) is 5.65. The Morgan fingerprint density at radius 3 is 2.35 bits per heavy atom. The predicted octanol–water partition coefficient (Wildman–Crippen LogP) is 3.87. The second-order valence-electron chi connectivity index (χ2n) is 3.98. The summed E-state index contributed by atoms with van der Waals surface area (Å²) in [5.74, 6) is -0.408. The van der Waals surface area contributed by atoms with Gasteiger partial charge in [-0.25, -0.2) is 4.39 Å². The highest BCUT2D eigenvalue weighted by molar-refractivity contribution is 6.31. The highest BCUT2D eigenvalue weighted by Gasteiger charge is 2.14. The van der Waals surface area contributed by atoms with Crippen molar-refractivity contribution in [2.75, 3.05) is 0 Å². The van der Waals surface area contributed by atoms with E-state index in [0.29, 0.717) is 5.56 Å². The van der Waals surface area contributed by atoms with Crippen molar-refractivity contribution in [1.29, 1.82) is 0 Å². The Kier molecular flexibility index (Phi) is 3.46. The molecule has 0 saturated heterocycles. The maximum absolute atomic E-state index is 12.9. The number of benzene rings is 2. The van der Waals surface area contributed by atoms with E-state index in [2.05, 4.69) is 0 Å². The van der Waals surface area contributed by atoms with Gasteiger partial charge >= 0.3 is 0 Å². The Labute approximate surface area is 104 Å². The molecule has 2 aromatic rings. The fraction of sp³-hybridized carbons (Fsp3) is 0.143. The Balaban J connectivity index is 2.36. The fourth-order valence-corrected chi connectivity index (χ4v) is 1.92. The molecule has 2 aromatic carbocycles. The highest BCUT2D eigenvalue weighted by atomic mass is 35.5. The largest absolute Gasteiger partial charge is 0.384 e. The maximum Gasteiger partial charge on any atom is 0.124 e. The molecule has 0 radical (unpaired) electrons. The van der Waals surface area contributed by atoms with Gasteiger partial charge in [0.05, 0.1) is 0 Å². The number of hydrogen-bond donors (Lipinski definition) is 1. The molecule has 0 aliphatic heterocycles. The van der Waals surface area contributed by atoms with E-state index in [1.54, 1.807) is 0 Å². The normalized spacial score (nSPS) is 12.5. The third-order valence-corrected chi connectivity index (χ3v) is 2.98. The van der Waals surface area contributed by atoms with Crippen molar-refractivity contribution in [2.45, 2.75) is 13.0 Å². The molecule has 0 bridgehead atoms. The predicted molar refractivity (Wildman–Crippen MR) is 66.7 cm³/mol. The van der Waals surface area contributed by atoms with Crippen LogP contribution in [0.4, 0.5) is 4.39 Å². The second kappa shape index (κ2) is 4.86. The van der Waals surface area contributed by atoms with E-state index in [4.69, 9.17) is 11.6 Å². The number of aliphatic hydroxyl groups is 1. The topological polar surface area (TPSA) is 20.2 Å². The zero-order valence-electron chi connectivity index (χ0n) is 9.32. The monoisotopic (exact) mass is 250 g/mol. The molecule has 1 N–H and O–H groups in total. The molecule has 1 atom stereocenters. The lowest BCUT2D eigenvalue weighted by Gasteiger charge is -2.13. The minimum Gasteiger partial charge on any atom is -0.384 e. The van der Waals surface area contributed by atoms with E-state index in [9.17, 15) is 9.50 Å². The Bertz CT molecular complexity index is 522. The van der Waals surface area contributed by atoms with Crippen molar-refractivity contribution in [2.24, 2.45) is 0 Å². The molecular formula is C14H12ClFO. The third kappa shape index (κ3) is 2.65. The van der Waals surface area contributed by atoms with Crippen LogP contribution in [-0.4, -0.2) is 5.11 Å². The van der Waals surface area contributed by atoms with Crippen LogP contribution in [0.25, 0.3) is 0 Å². The summed E-state index contributed by atoms with van der Waals surface area (Å²) in [4.78, 5) is 0. The van der Waals surface area contributed by atoms with E-state index in [-0.39, 0.29) is 5.02 Å². The molecule has 0 amide bonds. The molecule has 0 saturated carbocycles. The summed E-state index contributed by atoms with van der Waals surface area (Å²) in [6.07, 6.45) is -0.830. The zero-order chi connectivity index (χ0) is 12.4. The van der Waals surface area contributed by atoms with Crippen LogP contribution in [0.5, 0.6) is 0 Å². The van der Waals surface area contributed by atoms with Crippen LogP contribution in [0.3, 0.4) is 0 Å². The first kappa shape index (κ1) is 12.1. The van der Waals surface area contributed by atoms with Gasteiger partial charge in [-0.1, -0.05) is 47.5 Å². The Hall–Kier alpha value is -1.38. The van der Waals surface area contributed by atoms with Crippen LogP contribution in [0, 0.1) is 12.7 Å². The van der Waals surface area contributed by atoms with Crippen molar-refractivity contribution >= 4 is 11.6 Å². The Morgan fingerprint density at radius 1 is 1.12 bits per heavy atom. The van der Waals surface area contributed by atoms with Crippen molar-refractivity contribution < 1.29 is 9.50 Å². The molecule has 88 valence electrons. The van der Waals surface area contributed by atoms with Gasteiger partial charge in [-0.15, -0.1) is 0 Å². The van der Waals surface area contributed by atoms with Crippen LogP contribution in [0.2, 0.25) is 5.02 Å². The summed E-state index contributed by atoms with van der Waals surface area (Å²) < 4.78 is 12.9. The molecule has 2 rings (SSSR count). The summed E-state index contributed by atoms with van der Waals surface area (Å²) in [6.45, 7) is 1.97. The maximum atomic E-state index is 12.9. The van der Waals surface area contributed by atoms with Crippen LogP contribution in [0.15, 0.2) is 42.5 Å². The molecule has 17 heavy (non-hydrogen) atoms. The van der Waals surface area contributed by atoms with Gasteiger partial charge < -0.3 is 5.11 Å². The first-order chi connectivity index (χ1) is 8.08. The highest BCUT2D eigenvalue weighted by Crippen LogP contribution is 2.28. The average molecular weight is 251 g/mol. The van der Waals surface area contributed by atoms with Gasteiger partial charge in [0.25, 0.3) is 0 Å². The van der Waals surface area contributed by atoms with Crippen LogP contribution >= 0.6 is 11.6 Å². The third-order valence-electron chi connectivity index (χ3n) is 2.65. The van der Waals surface area contributed by atoms with E-state index >= 15 is 0 Å². The van der Waals surface area contributed by atoms with Gasteiger partial charge in [0.15, 0.2) is 0 Å². The average Bonchev–Trinajstić information content (AvgIpc) is 2.29. The second-order valence-corrected chi connectivity index (χ2v) is 4.39. The van der Waals surface area contributed by atoms with Gasteiger partial charge in [-0.05, 0) is 24.6 Å². The molecule has 0 aromatic heterocycles. The lowest BCUT2D eigenvalue weighted by atomic mass is 10.0. The first-order valence-electron chi connectivity index (χ1n) is 5.27. The molecule has 0 aliphatic rings. The van der Waals surface area contributed by atoms with Gasteiger partial charge in [-0.2, -0.15) is 0 Å². The van der Waals surface area contributed by atoms with Crippen LogP contribution in [0.1, 0.15) is 22.8 Å². The van der Waals surface area contributed by atoms with E-state index in [1.807, 2.05) is 31.2 Å². The lowest BCUT2D eigenvalue weighted by Crippen LogP contribution is -2.00. The zero-order valence-corrected chi connectivity index (χ0v) is 10.1. The standard InChI is InChI=1S/C14H12ClFO/c1-9-2-4-10(5-3-9)14(17)12-7-6-11(16)8-13(12)15/h2-8,14,17H,1H3. The van der Waals surface area contributed by atoms with Gasteiger partial charge in [0, 0.05) is 10.6 Å². The number of aliphatic hydroxyl groups excluding tert-OH is 1. The van der Waals surface area contributed by atoms with E-state index in [1.165, 1.54) is 18.2 Å². The van der Waals surface area contributed by atoms with Gasteiger partial charge in [0.2, 0.25) is 0 Å². The molecule has 0 aliphatic carbocycles. The molecular weight excluding hydrogens is 239 g/mol. The lowest BCUT2D eigenvalue weighted by molar-refractivity contribution is 0.220. The fourth-order valence-electron chi connectivity index (χ4n) is 1.65. The molecule has 1 unspecified atom stereocenters.